The number of aromatic nitrogens is 4. The van der Waals surface area contributed by atoms with Crippen molar-refractivity contribution < 1.29 is 0 Å². The molecular formula is C22H21ClN6S. The highest BCUT2D eigenvalue weighted by Crippen LogP contribution is 2.47. The van der Waals surface area contributed by atoms with Crippen molar-refractivity contribution in [2.24, 2.45) is 17.6 Å². The Labute approximate surface area is 183 Å². The number of anilines is 1. The Morgan fingerprint density at radius 3 is 2.83 bits per heavy atom. The van der Waals surface area contributed by atoms with Crippen molar-refractivity contribution in [2.45, 2.75) is 29.4 Å². The van der Waals surface area contributed by atoms with Crippen LogP contribution in [0.5, 0.6) is 0 Å². The molecule has 0 bridgehead atoms. The van der Waals surface area contributed by atoms with Gasteiger partial charge in [-0.25, -0.2) is 9.97 Å². The van der Waals surface area contributed by atoms with E-state index in [-0.39, 0.29) is 0 Å². The third-order valence-electron chi connectivity index (χ3n) is 6.31. The first-order valence-electron chi connectivity index (χ1n) is 10.2. The zero-order valence-electron chi connectivity index (χ0n) is 16.5. The van der Waals surface area contributed by atoms with Crippen molar-refractivity contribution in [2.75, 3.05) is 18.0 Å². The van der Waals surface area contributed by atoms with Crippen molar-refractivity contribution in [3.05, 3.63) is 47.2 Å². The molecule has 1 saturated heterocycles. The first kappa shape index (κ1) is 18.4. The zero-order valence-corrected chi connectivity index (χ0v) is 18.0. The van der Waals surface area contributed by atoms with Gasteiger partial charge in [0.15, 0.2) is 5.16 Å². The molecule has 6 nitrogen and oxygen atoms in total. The van der Waals surface area contributed by atoms with E-state index in [0.717, 1.165) is 62.9 Å². The van der Waals surface area contributed by atoms with Crippen LogP contribution in [0, 0.1) is 11.8 Å². The standard InChI is InChI=1S/C22H21ClN6S/c1-2-15-18(23)17-20(26-15)27-22(28-21(17)29-9-13-14(10-29)19(13)24)30-12-7-11-5-3-4-6-16(11)25-8-12/h3-8,13-14,19H,2,9-10,24H2,1H3,(H,26,27,28). The number of nitrogens with one attached hydrogen (secondary N) is 1. The molecule has 0 amide bonds. The van der Waals surface area contributed by atoms with Crippen LogP contribution in [0.4, 0.5) is 5.82 Å². The molecule has 2 fully saturated rings. The van der Waals surface area contributed by atoms with Gasteiger partial charge in [-0.3, -0.25) is 4.98 Å². The lowest BCUT2D eigenvalue weighted by Crippen LogP contribution is -2.29. The Balaban J connectivity index is 1.42. The molecule has 30 heavy (non-hydrogen) atoms. The predicted octanol–water partition coefficient (Wildman–Crippen LogP) is 4.27. The van der Waals surface area contributed by atoms with Gasteiger partial charge in [0.2, 0.25) is 0 Å². The maximum atomic E-state index is 6.72. The molecule has 0 spiro atoms. The number of pyridine rings is 1. The summed E-state index contributed by atoms with van der Waals surface area (Å²) < 4.78 is 0. The predicted molar refractivity (Wildman–Crippen MR) is 121 cm³/mol. The molecule has 6 rings (SSSR count). The number of halogens is 1. The number of aromatic amines is 1. The Hall–Kier alpha value is -2.35. The molecule has 1 aliphatic heterocycles. The number of fused-ring (bicyclic) bond motifs is 3. The van der Waals surface area contributed by atoms with Gasteiger partial charge in [0, 0.05) is 41.3 Å². The van der Waals surface area contributed by atoms with Crippen molar-refractivity contribution in [1.29, 1.82) is 0 Å². The molecule has 2 unspecified atom stereocenters. The van der Waals surface area contributed by atoms with Crippen LogP contribution in [-0.2, 0) is 6.42 Å². The van der Waals surface area contributed by atoms with Crippen LogP contribution < -0.4 is 10.6 Å². The van der Waals surface area contributed by atoms with E-state index >= 15 is 0 Å². The zero-order chi connectivity index (χ0) is 20.4. The second-order valence-corrected chi connectivity index (χ2v) is 9.52. The highest BCUT2D eigenvalue weighted by Gasteiger charge is 2.54. The molecule has 0 radical (unpaired) electrons. The number of piperidine rings is 1. The molecule has 8 heteroatoms. The average molecular weight is 437 g/mol. The molecular weight excluding hydrogens is 416 g/mol. The smallest absolute Gasteiger partial charge is 0.196 e. The molecule has 1 aromatic carbocycles. The summed E-state index contributed by atoms with van der Waals surface area (Å²) >= 11 is 8.24. The Morgan fingerprint density at radius 1 is 1.23 bits per heavy atom. The van der Waals surface area contributed by atoms with Crippen LogP contribution >= 0.6 is 23.4 Å². The Morgan fingerprint density at radius 2 is 2.03 bits per heavy atom. The van der Waals surface area contributed by atoms with Gasteiger partial charge in [-0.15, -0.1) is 0 Å². The van der Waals surface area contributed by atoms with Gasteiger partial charge in [-0.2, -0.15) is 0 Å². The molecule has 1 aliphatic carbocycles. The summed E-state index contributed by atoms with van der Waals surface area (Å²) in [4.78, 5) is 21.0. The Kier molecular flexibility index (Phi) is 4.20. The van der Waals surface area contributed by atoms with Crippen LogP contribution in [0.1, 0.15) is 12.6 Å². The fraction of sp³-hybridized carbons (Fsp3) is 0.318. The largest absolute Gasteiger partial charge is 0.355 e. The van der Waals surface area contributed by atoms with Crippen molar-refractivity contribution in [1.82, 2.24) is 19.9 Å². The first-order valence-corrected chi connectivity index (χ1v) is 11.4. The van der Waals surface area contributed by atoms with E-state index in [2.05, 4.69) is 33.9 Å². The van der Waals surface area contributed by atoms with E-state index in [4.69, 9.17) is 27.3 Å². The summed E-state index contributed by atoms with van der Waals surface area (Å²) in [6.07, 6.45) is 2.70. The fourth-order valence-electron chi connectivity index (χ4n) is 4.55. The second kappa shape index (κ2) is 6.83. The topological polar surface area (TPSA) is 83.7 Å². The summed E-state index contributed by atoms with van der Waals surface area (Å²) in [6, 6.07) is 10.6. The van der Waals surface area contributed by atoms with Crippen molar-refractivity contribution in [3.63, 3.8) is 0 Å². The minimum Gasteiger partial charge on any atom is -0.355 e. The minimum absolute atomic E-state index is 0.337. The third-order valence-corrected chi connectivity index (χ3v) is 7.55. The first-order chi connectivity index (χ1) is 14.6. The molecule has 3 N–H and O–H groups in total. The number of benzene rings is 1. The fourth-order valence-corrected chi connectivity index (χ4v) is 5.67. The van der Waals surface area contributed by atoms with Gasteiger partial charge in [0.25, 0.3) is 0 Å². The van der Waals surface area contributed by atoms with Crippen molar-refractivity contribution in [3.8, 4) is 0 Å². The van der Waals surface area contributed by atoms with Crippen LogP contribution in [-0.4, -0.2) is 39.1 Å². The number of nitrogens with two attached hydrogens (primary N) is 1. The molecule has 2 atom stereocenters. The van der Waals surface area contributed by atoms with Gasteiger partial charge in [0.1, 0.15) is 11.5 Å². The summed E-state index contributed by atoms with van der Waals surface area (Å²) in [5.41, 5.74) is 8.93. The summed E-state index contributed by atoms with van der Waals surface area (Å²) in [6.45, 7) is 3.95. The molecule has 3 aromatic heterocycles. The number of nitrogens with zero attached hydrogens (tertiary/aromatic N) is 4. The average Bonchev–Trinajstić information content (AvgIpc) is 3.10. The Bertz CT molecular complexity index is 1280. The van der Waals surface area contributed by atoms with E-state index < -0.39 is 0 Å². The number of rotatable bonds is 4. The second-order valence-electron chi connectivity index (χ2n) is 8.10. The van der Waals surface area contributed by atoms with Crippen LogP contribution in [0.15, 0.2) is 46.6 Å². The van der Waals surface area contributed by atoms with Crippen LogP contribution in [0.25, 0.3) is 21.9 Å². The lowest BCUT2D eigenvalue weighted by atomic mass is 10.2. The normalized spacial score (nSPS) is 22.8. The lowest BCUT2D eigenvalue weighted by molar-refractivity contribution is 0.732. The number of H-pyrrole nitrogens is 1. The van der Waals surface area contributed by atoms with Crippen molar-refractivity contribution >= 4 is 51.1 Å². The van der Waals surface area contributed by atoms with E-state index in [0.29, 0.717) is 23.0 Å². The minimum atomic E-state index is 0.337. The summed E-state index contributed by atoms with van der Waals surface area (Å²) in [5, 5.41) is 3.45. The number of para-hydroxylation sites is 1. The van der Waals surface area contributed by atoms with Crippen LogP contribution in [0.2, 0.25) is 5.02 Å². The van der Waals surface area contributed by atoms with E-state index in [9.17, 15) is 0 Å². The van der Waals surface area contributed by atoms with E-state index in [1.807, 2.05) is 24.4 Å². The number of hydrogen-bond donors (Lipinski definition) is 2. The summed E-state index contributed by atoms with van der Waals surface area (Å²) in [5.74, 6) is 2.05. The van der Waals surface area contributed by atoms with Gasteiger partial charge < -0.3 is 15.6 Å². The van der Waals surface area contributed by atoms with Gasteiger partial charge >= 0.3 is 0 Å². The van der Waals surface area contributed by atoms with E-state index in [1.54, 1.807) is 0 Å². The van der Waals surface area contributed by atoms with Gasteiger partial charge in [0.05, 0.1) is 15.9 Å². The highest BCUT2D eigenvalue weighted by atomic mass is 35.5. The van der Waals surface area contributed by atoms with Gasteiger partial charge in [-0.1, -0.05) is 36.7 Å². The van der Waals surface area contributed by atoms with Gasteiger partial charge in [-0.05, 0) is 42.2 Å². The molecule has 4 aromatic rings. The molecule has 2 aliphatic rings. The lowest BCUT2D eigenvalue weighted by Gasteiger charge is -2.21. The number of aryl methyl sites for hydroxylation is 1. The summed E-state index contributed by atoms with van der Waals surface area (Å²) in [7, 11) is 0. The van der Waals surface area contributed by atoms with E-state index in [1.165, 1.54) is 11.8 Å². The third kappa shape index (κ3) is 2.87. The molecule has 152 valence electrons. The molecule has 4 heterocycles. The SMILES string of the molecule is CCc1[nH]c2nc(Sc3cnc4ccccc4c3)nc(N3CC4C(N)C4C3)c2c1Cl. The maximum absolute atomic E-state index is 6.72. The monoisotopic (exact) mass is 436 g/mol. The van der Waals surface area contributed by atoms with Crippen LogP contribution in [0.3, 0.4) is 0 Å². The number of hydrogen-bond acceptors (Lipinski definition) is 6. The molecule has 1 saturated carbocycles. The maximum Gasteiger partial charge on any atom is 0.196 e. The quantitative estimate of drug-likeness (QED) is 0.465. The highest BCUT2D eigenvalue weighted by molar-refractivity contribution is 7.99.